The van der Waals surface area contributed by atoms with E-state index in [1.54, 1.807) is 23.9 Å². The third-order valence-corrected chi connectivity index (χ3v) is 7.20. The molecule has 0 saturated carbocycles. The van der Waals surface area contributed by atoms with Crippen LogP contribution in [0.1, 0.15) is 27.9 Å². The minimum atomic E-state index is -0.365. The summed E-state index contributed by atoms with van der Waals surface area (Å²) in [6, 6.07) is 12.9. The number of rotatable bonds is 9. The van der Waals surface area contributed by atoms with Crippen LogP contribution in [0.4, 0.5) is 0 Å². The number of aryl methyl sites for hydroxylation is 3. The number of benzene rings is 1. The highest BCUT2D eigenvalue weighted by Gasteiger charge is 2.18. The fourth-order valence-corrected chi connectivity index (χ4v) is 4.94. The molecule has 204 valence electrons. The second-order valence-corrected chi connectivity index (χ2v) is 9.76. The first-order valence-electron chi connectivity index (χ1n) is 13.3. The highest BCUT2D eigenvalue weighted by atomic mass is 16.5. The van der Waals surface area contributed by atoms with Crippen LogP contribution in [0.2, 0.25) is 0 Å². The first kappa shape index (κ1) is 26.6. The minimum absolute atomic E-state index is 0.0338. The molecular formula is C29H34N6O4. The number of carbonyl (C=O) groups is 1. The molecule has 1 saturated heterocycles. The number of hydrogen-bond acceptors (Lipinski definition) is 7. The van der Waals surface area contributed by atoms with Crippen molar-refractivity contribution in [2.24, 2.45) is 0 Å². The van der Waals surface area contributed by atoms with Crippen molar-refractivity contribution in [3.63, 3.8) is 0 Å². The Labute approximate surface area is 226 Å². The topological polar surface area (TPSA) is 114 Å². The van der Waals surface area contributed by atoms with Crippen LogP contribution in [-0.2, 0) is 17.7 Å². The largest absolute Gasteiger partial charge is 0.497 e. The molecule has 0 bridgehead atoms. The quantitative estimate of drug-likeness (QED) is 0.253. The van der Waals surface area contributed by atoms with Crippen LogP contribution in [0, 0.1) is 12.3 Å². The summed E-state index contributed by atoms with van der Waals surface area (Å²) in [5, 5.41) is 12.2. The maximum absolute atomic E-state index is 13.5. The molecule has 5 rings (SSSR count). The summed E-state index contributed by atoms with van der Waals surface area (Å²) in [5.74, 6) is 0.401. The average molecular weight is 531 g/mol. The number of amides is 1. The van der Waals surface area contributed by atoms with Gasteiger partial charge in [-0.1, -0.05) is 18.2 Å². The molecule has 0 aliphatic carbocycles. The van der Waals surface area contributed by atoms with Gasteiger partial charge in [0.1, 0.15) is 22.5 Å². The Morgan fingerprint density at radius 1 is 1.13 bits per heavy atom. The lowest BCUT2D eigenvalue weighted by molar-refractivity contribution is 0.0374. The summed E-state index contributed by atoms with van der Waals surface area (Å²) in [7, 11) is 1.62. The Morgan fingerprint density at radius 3 is 2.64 bits per heavy atom. The Balaban J connectivity index is 1.47. The van der Waals surface area contributed by atoms with Crippen LogP contribution in [-0.4, -0.2) is 71.3 Å². The molecule has 0 radical (unpaired) electrons. The molecule has 3 aromatic heterocycles. The second kappa shape index (κ2) is 11.8. The van der Waals surface area contributed by atoms with Gasteiger partial charge in [-0.15, -0.1) is 0 Å². The van der Waals surface area contributed by atoms with Gasteiger partial charge < -0.3 is 19.4 Å². The Morgan fingerprint density at radius 2 is 1.90 bits per heavy atom. The van der Waals surface area contributed by atoms with Crippen molar-refractivity contribution < 1.29 is 14.3 Å². The van der Waals surface area contributed by atoms with E-state index in [9.17, 15) is 9.59 Å². The molecule has 0 atom stereocenters. The molecule has 10 heteroatoms. The number of carbonyl (C=O) groups excluding carboxylic acids is 1. The summed E-state index contributed by atoms with van der Waals surface area (Å²) < 4.78 is 13.8. The number of pyridine rings is 2. The van der Waals surface area contributed by atoms with E-state index in [1.165, 1.54) is 10.5 Å². The van der Waals surface area contributed by atoms with E-state index in [1.807, 2.05) is 37.3 Å². The van der Waals surface area contributed by atoms with Gasteiger partial charge in [0.05, 0.1) is 31.3 Å². The van der Waals surface area contributed by atoms with Crippen LogP contribution in [0.25, 0.3) is 16.7 Å². The number of ether oxygens (including phenoxy) is 2. The molecule has 1 aliphatic heterocycles. The van der Waals surface area contributed by atoms with Gasteiger partial charge in [0.15, 0.2) is 0 Å². The van der Waals surface area contributed by atoms with Crippen molar-refractivity contribution in [3.05, 3.63) is 81.2 Å². The van der Waals surface area contributed by atoms with Crippen molar-refractivity contribution in [3.8, 4) is 5.75 Å². The number of morpholine rings is 1. The maximum atomic E-state index is 13.5. The van der Waals surface area contributed by atoms with Gasteiger partial charge in [-0.25, -0.2) is 4.98 Å². The second-order valence-electron chi connectivity index (χ2n) is 9.76. The lowest BCUT2D eigenvalue weighted by Gasteiger charge is -2.26. The Kier molecular flexibility index (Phi) is 8.04. The summed E-state index contributed by atoms with van der Waals surface area (Å²) in [5.41, 5.74) is 2.76. The van der Waals surface area contributed by atoms with Crippen LogP contribution < -0.4 is 21.1 Å². The summed E-state index contributed by atoms with van der Waals surface area (Å²) >= 11 is 0. The van der Waals surface area contributed by atoms with Crippen LogP contribution in [0.3, 0.4) is 0 Å². The number of fused-ring (bicyclic) bond motifs is 2. The third-order valence-electron chi connectivity index (χ3n) is 7.20. The fourth-order valence-electron chi connectivity index (χ4n) is 4.94. The SMILES string of the molecule is COc1ccc(CCn2c(=N)c(C(=O)NCCCN3CCOCC3)cc3c(=O)n4cccc(C)c4nc32)cc1. The van der Waals surface area contributed by atoms with Gasteiger partial charge in [0.2, 0.25) is 0 Å². The smallest absolute Gasteiger partial charge is 0.267 e. The lowest BCUT2D eigenvalue weighted by Crippen LogP contribution is -2.39. The van der Waals surface area contributed by atoms with E-state index >= 15 is 0 Å². The molecule has 1 fully saturated rings. The molecule has 1 amide bonds. The van der Waals surface area contributed by atoms with Crippen LogP contribution in [0.5, 0.6) is 5.75 Å². The predicted molar refractivity (Wildman–Crippen MR) is 148 cm³/mol. The molecule has 4 heterocycles. The van der Waals surface area contributed by atoms with Gasteiger partial charge in [0, 0.05) is 32.4 Å². The van der Waals surface area contributed by atoms with E-state index in [2.05, 4.69) is 10.2 Å². The molecular weight excluding hydrogens is 496 g/mol. The summed E-state index contributed by atoms with van der Waals surface area (Å²) in [6.45, 7) is 6.90. The Bertz CT molecular complexity index is 1600. The Hall–Kier alpha value is -4.02. The summed E-state index contributed by atoms with van der Waals surface area (Å²) in [4.78, 5) is 33.9. The highest BCUT2D eigenvalue weighted by Crippen LogP contribution is 2.15. The highest BCUT2D eigenvalue weighted by molar-refractivity contribution is 5.96. The normalized spacial score (nSPS) is 14.1. The molecule has 10 nitrogen and oxygen atoms in total. The van der Waals surface area contributed by atoms with E-state index in [-0.39, 0.29) is 22.5 Å². The van der Waals surface area contributed by atoms with E-state index < -0.39 is 0 Å². The van der Waals surface area contributed by atoms with Crippen molar-refractivity contribution in [1.29, 1.82) is 5.41 Å². The zero-order valence-electron chi connectivity index (χ0n) is 22.4. The first-order valence-corrected chi connectivity index (χ1v) is 13.3. The third kappa shape index (κ3) is 5.71. The van der Waals surface area contributed by atoms with Gasteiger partial charge in [-0.05, 0) is 61.7 Å². The summed E-state index contributed by atoms with van der Waals surface area (Å²) in [6.07, 6.45) is 3.06. The number of methoxy groups -OCH3 is 1. The molecule has 1 aliphatic rings. The molecule has 4 aromatic rings. The van der Waals surface area contributed by atoms with Gasteiger partial charge in [-0.2, -0.15) is 0 Å². The monoisotopic (exact) mass is 530 g/mol. The van der Waals surface area contributed by atoms with Crippen LogP contribution >= 0.6 is 0 Å². The number of hydrogen-bond donors (Lipinski definition) is 2. The maximum Gasteiger partial charge on any atom is 0.267 e. The van der Waals surface area contributed by atoms with Crippen molar-refractivity contribution >= 4 is 22.6 Å². The van der Waals surface area contributed by atoms with Gasteiger partial charge >= 0.3 is 0 Å². The molecule has 39 heavy (non-hydrogen) atoms. The fraction of sp³-hybridized carbons (Fsp3) is 0.379. The predicted octanol–water partition coefficient (Wildman–Crippen LogP) is 2.14. The lowest BCUT2D eigenvalue weighted by atomic mass is 10.1. The number of nitrogens with one attached hydrogen (secondary N) is 2. The van der Waals surface area contributed by atoms with Gasteiger partial charge in [0.25, 0.3) is 11.5 Å². The van der Waals surface area contributed by atoms with E-state index in [4.69, 9.17) is 19.9 Å². The zero-order chi connectivity index (χ0) is 27.4. The molecule has 2 N–H and O–H groups in total. The minimum Gasteiger partial charge on any atom is -0.497 e. The van der Waals surface area contributed by atoms with E-state index in [0.29, 0.717) is 36.2 Å². The number of aromatic nitrogens is 3. The van der Waals surface area contributed by atoms with Crippen molar-refractivity contribution in [2.45, 2.75) is 26.3 Å². The van der Waals surface area contributed by atoms with E-state index in [0.717, 1.165) is 56.1 Å². The average Bonchev–Trinajstić information content (AvgIpc) is 2.96. The molecule has 0 unspecified atom stereocenters. The van der Waals surface area contributed by atoms with Gasteiger partial charge in [-0.3, -0.25) is 24.3 Å². The van der Waals surface area contributed by atoms with Crippen molar-refractivity contribution in [1.82, 2.24) is 24.2 Å². The molecule has 1 aromatic carbocycles. The number of nitrogens with zero attached hydrogens (tertiary/aromatic N) is 4. The first-order chi connectivity index (χ1) is 19.0. The van der Waals surface area contributed by atoms with Crippen LogP contribution in [0.15, 0.2) is 53.5 Å². The standard InChI is InChI=1S/C29H34N6O4/c1-20-5-3-13-35-26(20)32-27-24(29(35)37)19-23(28(36)31-11-4-12-33-15-17-39-18-16-33)25(30)34(27)14-10-21-6-8-22(38-2)9-7-21/h3,5-9,13,19,30H,4,10-12,14-18H2,1-2H3,(H,31,36). The zero-order valence-corrected chi connectivity index (χ0v) is 22.4. The molecule has 0 spiro atoms. The van der Waals surface area contributed by atoms with Crippen molar-refractivity contribution in [2.75, 3.05) is 46.5 Å².